The van der Waals surface area contributed by atoms with Crippen molar-refractivity contribution in [3.63, 3.8) is 0 Å². The van der Waals surface area contributed by atoms with Crippen molar-refractivity contribution in [3.8, 4) is 0 Å². The van der Waals surface area contributed by atoms with E-state index >= 15 is 0 Å². The molecule has 1 heterocycles. The number of Topliss-reactive ketones (excluding diaryl/α,β-unsaturated/α-hetero) is 1. The first-order chi connectivity index (χ1) is 17.8. The van der Waals surface area contributed by atoms with Gasteiger partial charge in [0.25, 0.3) is 5.91 Å². The van der Waals surface area contributed by atoms with Crippen LogP contribution >= 0.6 is 0 Å². The Kier molecular flexibility index (Phi) is 9.81. The number of hydrogen-bond acceptors (Lipinski definition) is 6. The van der Waals surface area contributed by atoms with Crippen molar-refractivity contribution in [2.24, 2.45) is 29.4 Å². The first kappa shape index (κ1) is 29.9. The molecule has 0 radical (unpaired) electrons. The van der Waals surface area contributed by atoms with Gasteiger partial charge in [-0.05, 0) is 70.1 Å². The van der Waals surface area contributed by atoms with Crippen molar-refractivity contribution in [1.29, 1.82) is 0 Å². The summed E-state index contributed by atoms with van der Waals surface area (Å²) in [5.74, 6) is -2.11. The van der Waals surface area contributed by atoms with Gasteiger partial charge >= 0.3 is 6.09 Å². The molecule has 3 fully saturated rings. The first-order valence-corrected chi connectivity index (χ1v) is 14.2. The van der Waals surface area contributed by atoms with Crippen LogP contribution in [0.25, 0.3) is 0 Å². The van der Waals surface area contributed by atoms with Gasteiger partial charge in [0, 0.05) is 6.54 Å². The van der Waals surface area contributed by atoms with E-state index in [1.165, 1.54) is 0 Å². The minimum absolute atomic E-state index is 0.0513. The van der Waals surface area contributed by atoms with E-state index in [-0.39, 0.29) is 29.6 Å². The highest BCUT2D eigenvalue weighted by atomic mass is 16.6. The summed E-state index contributed by atoms with van der Waals surface area (Å²) in [7, 11) is 0. The van der Waals surface area contributed by atoms with Crippen LogP contribution in [-0.4, -0.2) is 64.8 Å². The monoisotopic (exact) mass is 534 g/mol. The molecule has 3 rings (SSSR count). The summed E-state index contributed by atoms with van der Waals surface area (Å²) in [5, 5.41) is 5.58. The SMILES string of the molecule is CC(C)[C@@H]1C[C@@H](C(=O)NC(CC2CC2)C(=O)C(N)=O)N(C(=O)[C@@H](NC(=O)OC(C)(C)C)C2CCCCC2)C1. The fourth-order valence-electron chi connectivity index (χ4n) is 5.66. The van der Waals surface area contributed by atoms with Crippen LogP contribution in [0, 0.1) is 23.7 Å². The molecule has 10 heteroatoms. The number of nitrogens with zero attached hydrogens (tertiary/aromatic N) is 1. The fraction of sp³-hybridized carbons (Fsp3) is 0.821. The molecule has 1 aliphatic heterocycles. The largest absolute Gasteiger partial charge is 0.444 e. The Morgan fingerprint density at radius 1 is 0.947 bits per heavy atom. The minimum Gasteiger partial charge on any atom is -0.444 e. The summed E-state index contributed by atoms with van der Waals surface area (Å²) in [6, 6.07) is -2.60. The number of nitrogens with one attached hydrogen (secondary N) is 2. The molecule has 10 nitrogen and oxygen atoms in total. The van der Waals surface area contributed by atoms with Crippen LogP contribution in [0.4, 0.5) is 4.79 Å². The molecule has 4 atom stereocenters. The second-order valence-corrected chi connectivity index (χ2v) is 12.7. The summed E-state index contributed by atoms with van der Waals surface area (Å²) < 4.78 is 5.47. The number of amides is 4. The summed E-state index contributed by atoms with van der Waals surface area (Å²) in [6.45, 7) is 9.79. The number of ketones is 1. The highest BCUT2D eigenvalue weighted by Crippen LogP contribution is 2.35. The van der Waals surface area contributed by atoms with Gasteiger partial charge in [-0.25, -0.2) is 4.79 Å². The van der Waals surface area contributed by atoms with E-state index in [1.54, 1.807) is 25.7 Å². The smallest absolute Gasteiger partial charge is 0.408 e. The van der Waals surface area contributed by atoms with Crippen molar-refractivity contribution < 1.29 is 28.7 Å². The normalized spacial score (nSPS) is 24.0. The van der Waals surface area contributed by atoms with Gasteiger partial charge in [-0.15, -0.1) is 0 Å². The van der Waals surface area contributed by atoms with Crippen molar-refractivity contribution in [3.05, 3.63) is 0 Å². The standard InChI is InChI=1S/C28H46N4O6/c1-16(2)19-14-21(25(35)30-20(13-17-11-12-17)23(33)24(29)34)32(15-19)26(36)22(18-9-7-6-8-10-18)31-27(37)38-28(3,4)5/h16-22H,6-15H2,1-5H3,(H2,29,34)(H,30,35)(H,31,37)/t19-,20?,21+,22+/m1/s1. The quantitative estimate of drug-likeness (QED) is 0.367. The minimum atomic E-state index is -1.07. The number of nitrogens with two attached hydrogens (primary N) is 1. The van der Waals surface area contributed by atoms with Gasteiger partial charge < -0.3 is 26.0 Å². The molecule has 2 aliphatic carbocycles. The Morgan fingerprint density at radius 2 is 1.58 bits per heavy atom. The van der Waals surface area contributed by atoms with Crippen LogP contribution < -0.4 is 16.4 Å². The van der Waals surface area contributed by atoms with Crippen LogP contribution in [0.2, 0.25) is 0 Å². The van der Waals surface area contributed by atoms with E-state index in [9.17, 15) is 24.0 Å². The number of carbonyl (C=O) groups excluding carboxylic acids is 5. The van der Waals surface area contributed by atoms with Crippen molar-refractivity contribution >= 4 is 29.6 Å². The maximum Gasteiger partial charge on any atom is 0.408 e. The zero-order valence-corrected chi connectivity index (χ0v) is 23.6. The number of hydrogen-bond donors (Lipinski definition) is 3. The van der Waals surface area contributed by atoms with E-state index in [2.05, 4.69) is 24.5 Å². The zero-order valence-electron chi connectivity index (χ0n) is 23.6. The van der Waals surface area contributed by atoms with Gasteiger partial charge in [0.05, 0.1) is 6.04 Å². The molecule has 2 saturated carbocycles. The Bertz CT molecular complexity index is 904. The second-order valence-electron chi connectivity index (χ2n) is 12.7. The van der Waals surface area contributed by atoms with Crippen LogP contribution in [0.3, 0.4) is 0 Å². The maximum atomic E-state index is 14.1. The summed E-state index contributed by atoms with van der Waals surface area (Å²) >= 11 is 0. The van der Waals surface area contributed by atoms with Gasteiger partial charge in [0.2, 0.25) is 17.6 Å². The molecule has 4 N–H and O–H groups in total. The lowest BCUT2D eigenvalue weighted by molar-refractivity contribution is -0.143. The van der Waals surface area contributed by atoms with E-state index in [4.69, 9.17) is 10.5 Å². The van der Waals surface area contributed by atoms with Crippen molar-refractivity contribution in [1.82, 2.24) is 15.5 Å². The third kappa shape index (κ3) is 8.17. The number of rotatable bonds is 10. The van der Waals surface area contributed by atoms with Crippen LogP contribution in [0.5, 0.6) is 0 Å². The van der Waals surface area contributed by atoms with Gasteiger partial charge in [-0.1, -0.05) is 46.0 Å². The molecular formula is C28H46N4O6. The first-order valence-electron chi connectivity index (χ1n) is 14.2. The summed E-state index contributed by atoms with van der Waals surface area (Å²) in [4.78, 5) is 66.0. The number of carbonyl (C=O) groups is 5. The van der Waals surface area contributed by atoms with E-state index in [0.29, 0.717) is 19.4 Å². The van der Waals surface area contributed by atoms with Gasteiger partial charge in [-0.2, -0.15) is 0 Å². The summed E-state index contributed by atoms with van der Waals surface area (Å²) in [6.07, 6.45) is 6.70. The predicted octanol–water partition coefficient (Wildman–Crippen LogP) is 2.67. The fourth-order valence-corrected chi connectivity index (χ4v) is 5.66. The van der Waals surface area contributed by atoms with Crippen LogP contribution in [-0.2, 0) is 23.9 Å². The maximum absolute atomic E-state index is 14.1. The number of primary amides is 1. The lowest BCUT2D eigenvalue weighted by Crippen LogP contribution is -2.58. The number of likely N-dealkylation sites (tertiary alicyclic amines) is 1. The highest BCUT2D eigenvalue weighted by molar-refractivity contribution is 6.37. The Hall–Kier alpha value is -2.65. The number of ether oxygens (including phenoxy) is 1. The molecule has 0 spiro atoms. The second kappa shape index (κ2) is 12.5. The summed E-state index contributed by atoms with van der Waals surface area (Å²) in [5.41, 5.74) is 4.54. The molecule has 3 aliphatic rings. The zero-order chi connectivity index (χ0) is 28.2. The predicted molar refractivity (Wildman–Crippen MR) is 142 cm³/mol. The Morgan fingerprint density at radius 3 is 2.11 bits per heavy atom. The van der Waals surface area contributed by atoms with Gasteiger partial charge in [-0.3, -0.25) is 19.2 Å². The number of alkyl carbamates (subject to hydrolysis) is 1. The third-order valence-corrected chi connectivity index (χ3v) is 8.06. The molecule has 0 aromatic carbocycles. The molecular weight excluding hydrogens is 488 g/mol. The molecule has 0 aromatic rings. The van der Waals surface area contributed by atoms with Gasteiger partial charge in [0.1, 0.15) is 17.7 Å². The highest BCUT2D eigenvalue weighted by Gasteiger charge is 2.46. The van der Waals surface area contributed by atoms with Crippen LogP contribution in [0.15, 0.2) is 0 Å². The van der Waals surface area contributed by atoms with E-state index in [0.717, 1.165) is 44.9 Å². The Labute approximate surface area is 226 Å². The average molecular weight is 535 g/mol. The molecule has 0 bridgehead atoms. The van der Waals surface area contributed by atoms with Crippen molar-refractivity contribution in [2.75, 3.05) is 6.54 Å². The molecule has 214 valence electrons. The van der Waals surface area contributed by atoms with Gasteiger partial charge in [0.15, 0.2) is 0 Å². The van der Waals surface area contributed by atoms with E-state index < -0.39 is 47.4 Å². The lowest BCUT2D eigenvalue weighted by Gasteiger charge is -2.35. The van der Waals surface area contributed by atoms with Crippen LogP contribution in [0.1, 0.15) is 92.4 Å². The third-order valence-electron chi connectivity index (χ3n) is 8.06. The topological polar surface area (TPSA) is 148 Å². The molecule has 38 heavy (non-hydrogen) atoms. The Balaban J connectivity index is 1.83. The molecule has 0 aromatic heterocycles. The average Bonchev–Trinajstić information content (AvgIpc) is 3.53. The molecule has 1 saturated heterocycles. The lowest BCUT2D eigenvalue weighted by atomic mass is 9.83. The molecule has 1 unspecified atom stereocenters. The van der Waals surface area contributed by atoms with Crippen molar-refractivity contribution in [2.45, 2.75) is 116 Å². The molecule has 4 amide bonds. The van der Waals surface area contributed by atoms with E-state index in [1.807, 2.05) is 0 Å².